The van der Waals surface area contributed by atoms with Crippen LogP contribution in [0.15, 0.2) is 0 Å². The van der Waals surface area contributed by atoms with Crippen LogP contribution in [0.25, 0.3) is 0 Å². The minimum absolute atomic E-state index is 0.00810. The fraction of sp³-hybridized carbons (Fsp3) is 0.917. The number of hydrogen-bond acceptors (Lipinski definition) is 4. The summed E-state index contributed by atoms with van der Waals surface area (Å²) in [6.45, 7) is 6.52. The van der Waals surface area contributed by atoms with Crippen LogP contribution in [0.4, 0.5) is 0 Å². The molecule has 17 heavy (non-hydrogen) atoms. The van der Waals surface area contributed by atoms with E-state index in [4.69, 9.17) is 0 Å². The SMILES string of the molecule is CC(C)N(C)CCCNC(=O)C1CC(O)CN1. The Hall–Kier alpha value is -0.650. The monoisotopic (exact) mass is 243 g/mol. The Kier molecular flexibility index (Phi) is 5.88. The zero-order valence-electron chi connectivity index (χ0n) is 11.1. The summed E-state index contributed by atoms with van der Waals surface area (Å²) in [7, 11) is 2.08. The van der Waals surface area contributed by atoms with Crippen LogP contribution < -0.4 is 10.6 Å². The molecular weight excluding hydrogens is 218 g/mol. The maximum absolute atomic E-state index is 11.7. The van der Waals surface area contributed by atoms with Gasteiger partial charge in [-0.2, -0.15) is 0 Å². The van der Waals surface area contributed by atoms with Gasteiger partial charge in [-0.3, -0.25) is 4.79 Å². The van der Waals surface area contributed by atoms with Crippen LogP contribution in [0.2, 0.25) is 0 Å². The zero-order valence-corrected chi connectivity index (χ0v) is 11.1. The van der Waals surface area contributed by atoms with Gasteiger partial charge in [-0.05, 0) is 40.3 Å². The molecule has 2 unspecified atom stereocenters. The number of hydrogen-bond donors (Lipinski definition) is 3. The summed E-state index contributed by atoms with van der Waals surface area (Å²) < 4.78 is 0. The number of nitrogens with zero attached hydrogens (tertiary/aromatic N) is 1. The van der Waals surface area contributed by atoms with Gasteiger partial charge in [0.1, 0.15) is 0 Å². The lowest BCUT2D eigenvalue weighted by molar-refractivity contribution is -0.122. The summed E-state index contributed by atoms with van der Waals surface area (Å²) in [5, 5.41) is 15.2. The van der Waals surface area contributed by atoms with Crippen LogP contribution in [-0.4, -0.2) is 60.8 Å². The number of aliphatic hydroxyl groups is 1. The molecule has 5 heteroatoms. The average Bonchev–Trinajstić information content (AvgIpc) is 2.70. The van der Waals surface area contributed by atoms with E-state index in [2.05, 4.69) is 36.4 Å². The first-order valence-electron chi connectivity index (χ1n) is 6.40. The highest BCUT2D eigenvalue weighted by Gasteiger charge is 2.27. The van der Waals surface area contributed by atoms with Crippen molar-refractivity contribution in [3.8, 4) is 0 Å². The third kappa shape index (κ3) is 5.02. The van der Waals surface area contributed by atoms with E-state index in [0.29, 0.717) is 25.6 Å². The molecule has 0 aromatic heterocycles. The number of β-amino-alcohol motifs (C(OH)–C–C–N with tert-alkyl or cyclic N) is 1. The molecule has 0 radical (unpaired) electrons. The molecular formula is C12H25N3O2. The second kappa shape index (κ2) is 6.93. The third-order valence-electron chi connectivity index (χ3n) is 3.29. The van der Waals surface area contributed by atoms with Gasteiger partial charge in [-0.15, -0.1) is 0 Å². The number of aliphatic hydroxyl groups excluding tert-OH is 1. The Labute approximate surface area is 104 Å². The molecule has 0 aromatic rings. The van der Waals surface area contributed by atoms with E-state index in [-0.39, 0.29) is 18.1 Å². The number of carbonyl (C=O) groups excluding carboxylic acids is 1. The fourth-order valence-corrected chi connectivity index (χ4v) is 1.84. The molecule has 0 aromatic carbocycles. The molecule has 0 saturated carbocycles. The number of carbonyl (C=O) groups is 1. The van der Waals surface area contributed by atoms with E-state index in [0.717, 1.165) is 13.0 Å². The Morgan fingerprint density at radius 2 is 2.29 bits per heavy atom. The van der Waals surface area contributed by atoms with Crippen molar-refractivity contribution in [2.24, 2.45) is 0 Å². The van der Waals surface area contributed by atoms with Gasteiger partial charge in [0.25, 0.3) is 0 Å². The van der Waals surface area contributed by atoms with E-state index in [1.54, 1.807) is 0 Å². The maximum Gasteiger partial charge on any atom is 0.237 e. The maximum atomic E-state index is 11.7. The predicted octanol–water partition coefficient (Wildman–Crippen LogP) is -0.444. The number of amides is 1. The van der Waals surface area contributed by atoms with Crippen molar-refractivity contribution in [3.63, 3.8) is 0 Å². The van der Waals surface area contributed by atoms with Crippen LogP contribution in [0.1, 0.15) is 26.7 Å². The van der Waals surface area contributed by atoms with Crippen molar-refractivity contribution in [1.29, 1.82) is 0 Å². The van der Waals surface area contributed by atoms with E-state index in [9.17, 15) is 9.90 Å². The average molecular weight is 243 g/mol. The molecule has 3 N–H and O–H groups in total. The first-order valence-corrected chi connectivity index (χ1v) is 6.40. The van der Waals surface area contributed by atoms with Crippen LogP contribution in [0.5, 0.6) is 0 Å². The Morgan fingerprint density at radius 1 is 1.59 bits per heavy atom. The van der Waals surface area contributed by atoms with Gasteiger partial charge in [-0.25, -0.2) is 0 Å². The van der Waals surface area contributed by atoms with Crippen LogP contribution in [0, 0.1) is 0 Å². The summed E-state index contributed by atoms with van der Waals surface area (Å²) in [6.07, 6.45) is 1.10. The lowest BCUT2D eigenvalue weighted by Crippen LogP contribution is -2.41. The fourth-order valence-electron chi connectivity index (χ4n) is 1.84. The topological polar surface area (TPSA) is 64.6 Å². The molecule has 1 fully saturated rings. The number of rotatable bonds is 6. The lowest BCUT2D eigenvalue weighted by Gasteiger charge is -2.21. The van der Waals surface area contributed by atoms with Crippen molar-refractivity contribution in [2.75, 3.05) is 26.7 Å². The summed E-state index contributed by atoms with van der Waals surface area (Å²) in [5.74, 6) is 0.00810. The highest BCUT2D eigenvalue weighted by atomic mass is 16.3. The van der Waals surface area contributed by atoms with Crippen LogP contribution in [-0.2, 0) is 4.79 Å². The summed E-state index contributed by atoms with van der Waals surface area (Å²) in [4.78, 5) is 13.9. The predicted molar refractivity (Wildman–Crippen MR) is 67.8 cm³/mol. The Morgan fingerprint density at radius 3 is 2.82 bits per heavy atom. The molecule has 5 nitrogen and oxygen atoms in total. The highest BCUT2D eigenvalue weighted by molar-refractivity contribution is 5.82. The molecule has 1 amide bonds. The van der Waals surface area contributed by atoms with E-state index >= 15 is 0 Å². The second-order valence-electron chi connectivity index (χ2n) is 5.07. The van der Waals surface area contributed by atoms with Gasteiger partial charge in [0.2, 0.25) is 5.91 Å². The van der Waals surface area contributed by atoms with Crippen molar-refractivity contribution < 1.29 is 9.90 Å². The van der Waals surface area contributed by atoms with Gasteiger partial charge in [0.15, 0.2) is 0 Å². The lowest BCUT2D eigenvalue weighted by atomic mass is 10.2. The van der Waals surface area contributed by atoms with Gasteiger partial charge >= 0.3 is 0 Å². The minimum Gasteiger partial charge on any atom is -0.392 e. The Balaban J connectivity index is 2.08. The quantitative estimate of drug-likeness (QED) is 0.553. The molecule has 1 rings (SSSR count). The van der Waals surface area contributed by atoms with Gasteiger partial charge in [-0.1, -0.05) is 0 Å². The smallest absolute Gasteiger partial charge is 0.237 e. The molecule has 1 heterocycles. The van der Waals surface area contributed by atoms with Crippen molar-refractivity contribution in [3.05, 3.63) is 0 Å². The van der Waals surface area contributed by atoms with Crippen LogP contribution >= 0.6 is 0 Å². The molecule has 0 bridgehead atoms. The van der Waals surface area contributed by atoms with Gasteiger partial charge in [0.05, 0.1) is 12.1 Å². The molecule has 1 saturated heterocycles. The molecule has 1 aliphatic rings. The normalized spacial score (nSPS) is 24.6. The molecule has 0 spiro atoms. The molecule has 1 aliphatic heterocycles. The van der Waals surface area contributed by atoms with E-state index in [1.807, 2.05) is 0 Å². The molecule has 2 atom stereocenters. The van der Waals surface area contributed by atoms with Crippen molar-refractivity contribution in [2.45, 2.75) is 44.9 Å². The second-order valence-corrected chi connectivity index (χ2v) is 5.07. The third-order valence-corrected chi connectivity index (χ3v) is 3.29. The molecule has 0 aliphatic carbocycles. The van der Waals surface area contributed by atoms with E-state index in [1.165, 1.54) is 0 Å². The van der Waals surface area contributed by atoms with Crippen LogP contribution in [0.3, 0.4) is 0 Å². The van der Waals surface area contributed by atoms with Crippen molar-refractivity contribution in [1.82, 2.24) is 15.5 Å². The minimum atomic E-state index is -0.377. The number of nitrogens with one attached hydrogen (secondary N) is 2. The largest absolute Gasteiger partial charge is 0.392 e. The van der Waals surface area contributed by atoms with Crippen molar-refractivity contribution >= 4 is 5.91 Å². The standard InChI is InChI=1S/C12H25N3O2/c1-9(2)15(3)6-4-5-13-12(17)11-7-10(16)8-14-11/h9-11,14,16H,4-8H2,1-3H3,(H,13,17). The summed E-state index contributed by atoms with van der Waals surface area (Å²) >= 11 is 0. The van der Waals surface area contributed by atoms with E-state index < -0.39 is 0 Å². The van der Waals surface area contributed by atoms with Gasteiger partial charge in [0, 0.05) is 19.1 Å². The molecule has 100 valence electrons. The highest BCUT2D eigenvalue weighted by Crippen LogP contribution is 2.05. The summed E-state index contributed by atoms with van der Waals surface area (Å²) in [6, 6.07) is 0.324. The Bertz CT molecular complexity index is 246. The summed E-state index contributed by atoms with van der Waals surface area (Å²) in [5.41, 5.74) is 0. The first-order chi connectivity index (χ1) is 8.00. The first kappa shape index (κ1) is 14.4. The zero-order chi connectivity index (χ0) is 12.8. The van der Waals surface area contributed by atoms with Gasteiger partial charge < -0.3 is 20.6 Å².